The maximum absolute atomic E-state index is 13.0. The summed E-state index contributed by atoms with van der Waals surface area (Å²) in [4.78, 5) is 25.9. The molecule has 0 spiro atoms. The molecule has 0 saturated heterocycles. The molecule has 0 saturated carbocycles. The Labute approximate surface area is 176 Å². The lowest BCUT2D eigenvalue weighted by atomic mass is 9.92. The van der Waals surface area contributed by atoms with Crippen LogP contribution in [0.15, 0.2) is 60.0 Å². The summed E-state index contributed by atoms with van der Waals surface area (Å²) in [5.41, 5.74) is 4.22. The van der Waals surface area contributed by atoms with Crippen molar-refractivity contribution in [2.24, 2.45) is 0 Å². The van der Waals surface area contributed by atoms with Crippen LogP contribution in [0.4, 0.5) is 11.4 Å². The second-order valence-electron chi connectivity index (χ2n) is 7.59. The van der Waals surface area contributed by atoms with Crippen LogP contribution in [0.2, 0.25) is 0 Å². The number of para-hydroxylation sites is 1. The van der Waals surface area contributed by atoms with E-state index in [-0.39, 0.29) is 11.8 Å². The highest BCUT2D eigenvalue weighted by Gasteiger charge is 2.17. The second kappa shape index (κ2) is 9.05. The van der Waals surface area contributed by atoms with Gasteiger partial charge in [0.1, 0.15) is 0 Å². The fraction of sp³-hybridized carbons (Fsp3) is 0.250. The number of anilines is 2. The van der Waals surface area contributed by atoms with E-state index >= 15 is 0 Å². The summed E-state index contributed by atoms with van der Waals surface area (Å²) < 4.78 is 0. The van der Waals surface area contributed by atoms with E-state index in [9.17, 15) is 9.59 Å². The highest BCUT2D eigenvalue weighted by Crippen LogP contribution is 2.32. The average molecular weight is 407 g/mol. The third-order valence-electron chi connectivity index (χ3n) is 4.74. The van der Waals surface area contributed by atoms with Crippen LogP contribution in [0, 0.1) is 0 Å². The lowest BCUT2D eigenvalue weighted by molar-refractivity contribution is 0.101. The number of hydrogen-bond donors (Lipinski definition) is 2. The second-order valence-corrected chi connectivity index (χ2v) is 8.53. The Hall–Kier alpha value is -2.92. The first-order valence-electron chi connectivity index (χ1n) is 9.76. The Morgan fingerprint density at radius 2 is 1.45 bits per heavy atom. The topological polar surface area (TPSA) is 58.2 Å². The number of thiophene rings is 1. The highest BCUT2D eigenvalue weighted by molar-refractivity contribution is 7.12. The zero-order chi connectivity index (χ0) is 21.0. The fourth-order valence-electron chi connectivity index (χ4n) is 3.22. The smallest absolute Gasteiger partial charge is 0.265 e. The van der Waals surface area contributed by atoms with Crippen molar-refractivity contribution < 1.29 is 9.59 Å². The summed E-state index contributed by atoms with van der Waals surface area (Å²) in [5.74, 6) is 0.220. The average Bonchev–Trinajstić information content (AvgIpc) is 3.23. The molecule has 1 aromatic heterocycles. The molecule has 2 amide bonds. The van der Waals surface area contributed by atoms with Crippen molar-refractivity contribution in [1.29, 1.82) is 0 Å². The van der Waals surface area contributed by atoms with Gasteiger partial charge in [-0.2, -0.15) is 0 Å². The van der Waals surface area contributed by atoms with Crippen molar-refractivity contribution >= 4 is 34.5 Å². The van der Waals surface area contributed by atoms with Crippen LogP contribution in [0.3, 0.4) is 0 Å². The molecule has 0 unspecified atom stereocenters. The lowest BCUT2D eigenvalue weighted by Gasteiger charge is -2.20. The van der Waals surface area contributed by atoms with Gasteiger partial charge >= 0.3 is 0 Å². The Bertz CT molecular complexity index is 981. The van der Waals surface area contributed by atoms with Gasteiger partial charge in [-0.15, -0.1) is 11.3 Å². The SMILES string of the molecule is CC(C)c1cccc(C(C)C)c1NC(=O)c1cccc(NC(=O)c2cccs2)c1. The van der Waals surface area contributed by atoms with E-state index in [2.05, 4.69) is 50.5 Å². The standard InChI is InChI=1S/C24H26N2O2S/c1-15(2)19-10-6-11-20(16(3)4)22(19)26-23(27)17-8-5-9-18(14-17)25-24(28)21-12-7-13-29-21/h5-16H,1-4H3,(H,25,28)(H,26,27). The summed E-state index contributed by atoms with van der Waals surface area (Å²) in [6.07, 6.45) is 0. The molecule has 0 bridgehead atoms. The molecule has 3 rings (SSSR count). The van der Waals surface area contributed by atoms with Gasteiger partial charge in [0.2, 0.25) is 0 Å². The first kappa shape index (κ1) is 20.8. The van der Waals surface area contributed by atoms with Crippen LogP contribution >= 0.6 is 11.3 Å². The molecule has 4 nitrogen and oxygen atoms in total. The largest absolute Gasteiger partial charge is 0.321 e. The Kier molecular flexibility index (Phi) is 6.49. The molecule has 5 heteroatoms. The number of amides is 2. The number of benzene rings is 2. The third kappa shape index (κ3) is 4.93. The molecule has 3 aromatic rings. The molecule has 150 valence electrons. The summed E-state index contributed by atoms with van der Waals surface area (Å²) >= 11 is 1.38. The van der Waals surface area contributed by atoms with Crippen molar-refractivity contribution in [3.05, 3.63) is 81.5 Å². The molecule has 0 radical (unpaired) electrons. The van der Waals surface area contributed by atoms with Gasteiger partial charge < -0.3 is 10.6 Å². The van der Waals surface area contributed by atoms with Gasteiger partial charge in [-0.05, 0) is 52.6 Å². The highest BCUT2D eigenvalue weighted by atomic mass is 32.1. The van der Waals surface area contributed by atoms with Crippen LogP contribution in [0.25, 0.3) is 0 Å². The van der Waals surface area contributed by atoms with E-state index in [4.69, 9.17) is 0 Å². The molecule has 2 N–H and O–H groups in total. The van der Waals surface area contributed by atoms with Gasteiger partial charge in [-0.1, -0.05) is 58.0 Å². The van der Waals surface area contributed by atoms with Crippen LogP contribution in [0.1, 0.15) is 70.7 Å². The van der Waals surface area contributed by atoms with Crippen molar-refractivity contribution in [1.82, 2.24) is 0 Å². The minimum absolute atomic E-state index is 0.176. The monoisotopic (exact) mass is 406 g/mol. The van der Waals surface area contributed by atoms with Crippen molar-refractivity contribution in [2.75, 3.05) is 10.6 Å². The predicted molar refractivity (Wildman–Crippen MR) is 121 cm³/mol. The molecule has 0 aliphatic rings. The minimum Gasteiger partial charge on any atom is -0.321 e. The van der Waals surface area contributed by atoms with Crippen LogP contribution < -0.4 is 10.6 Å². The maximum atomic E-state index is 13.0. The van der Waals surface area contributed by atoms with Gasteiger partial charge in [0.05, 0.1) is 4.88 Å². The van der Waals surface area contributed by atoms with Gasteiger partial charge in [0.25, 0.3) is 11.8 Å². The van der Waals surface area contributed by atoms with E-state index in [1.807, 2.05) is 17.5 Å². The Morgan fingerprint density at radius 3 is 2.03 bits per heavy atom. The van der Waals surface area contributed by atoms with Crippen molar-refractivity contribution in [3.63, 3.8) is 0 Å². The van der Waals surface area contributed by atoms with Crippen LogP contribution in [-0.4, -0.2) is 11.8 Å². The third-order valence-corrected chi connectivity index (χ3v) is 5.61. The molecule has 0 atom stereocenters. The summed E-state index contributed by atoms with van der Waals surface area (Å²) in [6.45, 7) is 8.48. The first-order chi connectivity index (χ1) is 13.9. The normalized spacial score (nSPS) is 11.0. The number of nitrogens with one attached hydrogen (secondary N) is 2. The van der Waals surface area contributed by atoms with E-state index in [0.29, 0.717) is 28.0 Å². The molecular formula is C24H26N2O2S. The van der Waals surface area contributed by atoms with Gasteiger partial charge in [-0.25, -0.2) is 0 Å². The summed E-state index contributed by atoms with van der Waals surface area (Å²) in [5, 5.41) is 7.83. The van der Waals surface area contributed by atoms with Crippen LogP contribution in [-0.2, 0) is 0 Å². The van der Waals surface area contributed by atoms with E-state index in [0.717, 1.165) is 16.8 Å². The number of carbonyl (C=O) groups is 2. The van der Waals surface area contributed by atoms with E-state index in [1.165, 1.54) is 11.3 Å². The zero-order valence-corrected chi connectivity index (χ0v) is 18.0. The van der Waals surface area contributed by atoms with Gasteiger partial charge in [-0.3, -0.25) is 9.59 Å². The van der Waals surface area contributed by atoms with Crippen molar-refractivity contribution in [2.45, 2.75) is 39.5 Å². The Morgan fingerprint density at radius 1 is 0.793 bits per heavy atom. The Balaban J connectivity index is 1.84. The quantitative estimate of drug-likeness (QED) is 0.491. The van der Waals surface area contributed by atoms with Gasteiger partial charge in [0, 0.05) is 16.9 Å². The maximum Gasteiger partial charge on any atom is 0.265 e. The molecule has 1 heterocycles. The van der Waals surface area contributed by atoms with E-state index in [1.54, 1.807) is 30.3 Å². The minimum atomic E-state index is -0.188. The first-order valence-corrected chi connectivity index (χ1v) is 10.6. The fourth-order valence-corrected chi connectivity index (χ4v) is 3.84. The van der Waals surface area contributed by atoms with Gasteiger partial charge in [0.15, 0.2) is 0 Å². The number of carbonyl (C=O) groups excluding carboxylic acids is 2. The number of rotatable bonds is 6. The molecule has 0 aliphatic carbocycles. The molecule has 0 aliphatic heterocycles. The zero-order valence-electron chi connectivity index (χ0n) is 17.2. The number of hydrogen-bond acceptors (Lipinski definition) is 3. The molecule has 2 aromatic carbocycles. The lowest BCUT2D eigenvalue weighted by Crippen LogP contribution is -2.17. The van der Waals surface area contributed by atoms with Crippen molar-refractivity contribution in [3.8, 4) is 0 Å². The van der Waals surface area contributed by atoms with E-state index < -0.39 is 0 Å². The molecule has 29 heavy (non-hydrogen) atoms. The summed E-state index contributed by atoms with van der Waals surface area (Å²) in [7, 11) is 0. The summed E-state index contributed by atoms with van der Waals surface area (Å²) in [6, 6.07) is 16.8. The molecular weight excluding hydrogens is 380 g/mol. The van der Waals surface area contributed by atoms with Crippen LogP contribution in [0.5, 0.6) is 0 Å². The molecule has 0 fully saturated rings. The predicted octanol–water partition coefficient (Wildman–Crippen LogP) is 6.50.